The fourth-order valence-corrected chi connectivity index (χ4v) is 1.72. The van der Waals surface area contributed by atoms with Crippen LogP contribution in [0.4, 0.5) is 0 Å². The molecular weight excluding hydrogens is 260 g/mol. The lowest BCUT2D eigenvalue weighted by Crippen LogP contribution is -2.57. The van der Waals surface area contributed by atoms with Crippen LogP contribution in [0.5, 0.6) is 0 Å². The second-order valence-electron chi connectivity index (χ2n) is 4.02. The van der Waals surface area contributed by atoms with Crippen LogP contribution in [0, 0.1) is 0 Å². The van der Waals surface area contributed by atoms with Crippen molar-refractivity contribution >= 4 is 17.9 Å². The van der Waals surface area contributed by atoms with E-state index >= 15 is 0 Å². The molecule has 1 saturated heterocycles. The molecule has 19 heavy (non-hydrogen) atoms. The molecule has 0 spiro atoms. The van der Waals surface area contributed by atoms with Gasteiger partial charge in [-0.3, -0.25) is 14.4 Å². The van der Waals surface area contributed by atoms with E-state index in [-0.39, 0.29) is 6.61 Å². The van der Waals surface area contributed by atoms with Crippen LogP contribution in [-0.4, -0.2) is 54.2 Å². The second-order valence-corrected chi connectivity index (χ2v) is 4.02. The van der Waals surface area contributed by atoms with E-state index in [0.717, 1.165) is 13.8 Å². The van der Waals surface area contributed by atoms with Crippen molar-refractivity contribution in [3.05, 3.63) is 0 Å². The number of carbonyl (C=O) groups excluding carboxylic acids is 3. The van der Waals surface area contributed by atoms with E-state index in [1.165, 1.54) is 6.92 Å². The van der Waals surface area contributed by atoms with Gasteiger partial charge in [0.2, 0.25) is 0 Å². The zero-order valence-corrected chi connectivity index (χ0v) is 10.8. The highest BCUT2D eigenvalue weighted by Crippen LogP contribution is 2.23. The first-order chi connectivity index (χ1) is 8.81. The van der Waals surface area contributed by atoms with E-state index in [2.05, 4.69) is 0 Å². The van der Waals surface area contributed by atoms with Crippen LogP contribution in [0.1, 0.15) is 20.8 Å². The molecule has 1 fully saturated rings. The summed E-state index contributed by atoms with van der Waals surface area (Å²) in [6.45, 7) is 3.29. The third-order valence-corrected chi connectivity index (χ3v) is 2.32. The van der Waals surface area contributed by atoms with Gasteiger partial charge < -0.3 is 24.1 Å². The first-order valence-corrected chi connectivity index (χ1v) is 5.62. The Hall–Kier alpha value is -1.67. The molecule has 108 valence electrons. The topological polar surface area (TPSA) is 108 Å². The minimum Gasteiger partial charge on any atom is -0.456 e. The number of esters is 3. The quantitative estimate of drug-likeness (QED) is 0.523. The Morgan fingerprint density at radius 1 is 0.947 bits per heavy atom. The predicted octanol–water partition coefficient (Wildman–Crippen LogP) is -0.870. The van der Waals surface area contributed by atoms with Gasteiger partial charge in [0.1, 0.15) is 0 Å². The summed E-state index contributed by atoms with van der Waals surface area (Å²) in [5.74, 6) is -1.95. The Bertz CT molecular complexity index is 366. The lowest BCUT2D eigenvalue weighted by molar-refractivity contribution is -0.267. The van der Waals surface area contributed by atoms with Crippen molar-refractivity contribution in [1.82, 2.24) is 0 Å². The molecule has 0 aliphatic carbocycles. The Morgan fingerprint density at radius 2 is 1.42 bits per heavy atom. The van der Waals surface area contributed by atoms with Gasteiger partial charge in [-0.25, -0.2) is 0 Å². The monoisotopic (exact) mass is 276 g/mol. The van der Waals surface area contributed by atoms with Crippen LogP contribution < -0.4 is 0 Å². The Balaban J connectivity index is 2.89. The van der Waals surface area contributed by atoms with E-state index in [0.29, 0.717) is 0 Å². The van der Waals surface area contributed by atoms with Crippen molar-refractivity contribution < 1.29 is 38.4 Å². The van der Waals surface area contributed by atoms with Crippen molar-refractivity contribution in [2.24, 2.45) is 0 Å². The molecule has 0 amide bonds. The molecule has 0 aromatic carbocycles. The van der Waals surface area contributed by atoms with E-state index < -0.39 is 42.5 Å². The van der Waals surface area contributed by atoms with Gasteiger partial charge in [-0.05, 0) is 0 Å². The molecule has 0 radical (unpaired) electrons. The number of hydrogen-bond acceptors (Lipinski definition) is 8. The van der Waals surface area contributed by atoms with Crippen LogP contribution in [0.15, 0.2) is 0 Å². The van der Waals surface area contributed by atoms with Crippen molar-refractivity contribution in [3.8, 4) is 0 Å². The smallest absolute Gasteiger partial charge is 0.303 e. The normalized spacial score (nSPS) is 30.3. The molecule has 8 heteroatoms. The zero-order valence-electron chi connectivity index (χ0n) is 10.8. The summed E-state index contributed by atoms with van der Waals surface area (Å²) in [4.78, 5) is 33.0. The summed E-state index contributed by atoms with van der Waals surface area (Å²) in [5.41, 5.74) is 0. The third-order valence-electron chi connectivity index (χ3n) is 2.32. The number of aliphatic hydroxyl groups is 1. The van der Waals surface area contributed by atoms with Gasteiger partial charge in [0.05, 0.1) is 6.61 Å². The van der Waals surface area contributed by atoms with E-state index in [1.807, 2.05) is 0 Å². The summed E-state index contributed by atoms with van der Waals surface area (Å²) in [5, 5.41) is 9.62. The van der Waals surface area contributed by atoms with Crippen LogP contribution in [0.3, 0.4) is 0 Å². The summed E-state index contributed by atoms with van der Waals surface area (Å²) < 4.78 is 19.6. The number of rotatable bonds is 3. The number of aliphatic hydroxyl groups excluding tert-OH is 1. The third kappa shape index (κ3) is 4.49. The van der Waals surface area contributed by atoms with Crippen LogP contribution in [0.25, 0.3) is 0 Å². The van der Waals surface area contributed by atoms with Crippen LogP contribution in [0.2, 0.25) is 0 Å². The van der Waals surface area contributed by atoms with Gasteiger partial charge >= 0.3 is 17.9 Å². The molecule has 0 aromatic rings. The molecule has 0 bridgehead atoms. The minimum atomic E-state index is -1.46. The molecule has 0 saturated carbocycles. The van der Waals surface area contributed by atoms with E-state index in [9.17, 15) is 19.5 Å². The first-order valence-electron chi connectivity index (χ1n) is 5.62. The van der Waals surface area contributed by atoms with Gasteiger partial charge in [0, 0.05) is 20.8 Å². The standard InChI is InChI=1S/C11H16O8/c1-5(12)17-8-4-16-11(15)10(19-7(3)14)9(8)18-6(2)13/h8-11,15H,4H2,1-3H3/t8-,9+,10-,11+/m1/s1. The fraction of sp³-hybridized carbons (Fsp3) is 0.727. The molecule has 8 nitrogen and oxygen atoms in total. The lowest BCUT2D eigenvalue weighted by Gasteiger charge is -2.38. The molecule has 1 heterocycles. The largest absolute Gasteiger partial charge is 0.456 e. The fourth-order valence-electron chi connectivity index (χ4n) is 1.72. The minimum absolute atomic E-state index is 0.170. The van der Waals surface area contributed by atoms with Crippen LogP contribution >= 0.6 is 0 Å². The highest BCUT2D eigenvalue weighted by Gasteiger charge is 2.46. The number of hydrogen-bond donors (Lipinski definition) is 1. The average molecular weight is 276 g/mol. The summed E-state index contributed by atoms with van der Waals surface area (Å²) >= 11 is 0. The second kappa shape index (κ2) is 6.48. The summed E-state index contributed by atoms with van der Waals surface area (Å²) in [7, 11) is 0. The van der Waals surface area contributed by atoms with Crippen molar-refractivity contribution in [3.63, 3.8) is 0 Å². The SMILES string of the molecule is CC(=O)O[C@@H]1[C@@H](OC(C)=O)[C@H](OC(C)=O)CO[C@@H]1O. The van der Waals surface area contributed by atoms with E-state index in [1.54, 1.807) is 0 Å². The summed E-state index contributed by atoms with van der Waals surface area (Å²) in [6, 6.07) is 0. The van der Waals surface area contributed by atoms with Crippen molar-refractivity contribution in [2.75, 3.05) is 6.61 Å². The number of ether oxygens (including phenoxy) is 4. The van der Waals surface area contributed by atoms with Crippen LogP contribution in [-0.2, 0) is 33.3 Å². The van der Waals surface area contributed by atoms with Gasteiger partial charge in [-0.2, -0.15) is 0 Å². The molecule has 1 aliphatic heterocycles. The van der Waals surface area contributed by atoms with Gasteiger partial charge in [0.15, 0.2) is 24.6 Å². The average Bonchev–Trinajstić information content (AvgIpc) is 2.25. The van der Waals surface area contributed by atoms with E-state index in [4.69, 9.17) is 18.9 Å². The summed E-state index contributed by atoms with van der Waals surface area (Å²) in [6.07, 6.45) is -4.78. The Labute approximate surface area is 109 Å². The molecule has 1 N–H and O–H groups in total. The molecule has 1 rings (SSSR count). The van der Waals surface area contributed by atoms with Gasteiger partial charge in [0.25, 0.3) is 0 Å². The number of carbonyl (C=O) groups is 3. The lowest BCUT2D eigenvalue weighted by atomic mass is 10.0. The zero-order chi connectivity index (χ0) is 14.6. The highest BCUT2D eigenvalue weighted by molar-refractivity contribution is 5.68. The Morgan fingerprint density at radius 3 is 1.89 bits per heavy atom. The predicted molar refractivity (Wildman–Crippen MR) is 58.6 cm³/mol. The maximum atomic E-state index is 11.1. The molecule has 0 unspecified atom stereocenters. The maximum Gasteiger partial charge on any atom is 0.303 e. The van der Waals surface area contributed by atoms with Crippen molar-refractivity contribution in [1.29, 1.82) is 0 Å². The molecule has 4 atom stereocenters. The highest BCUT2D eigenvalue weighted by atomic mass is 16.7. The first kappa shape index (κ1) is 15.4. The van der Waals surface area contributed by atoms with Gasteiger partial charge in [-0.15, -0.1) is 0 Å². The van der Waals surface area contributed by atoms with Crippen molar-refractivity contribution in [2.45, 2.75) is 45.4 Å². The molecule has 1 aliphatic rings. The van der Waals surface area contributed by atoms with Gasteiger partial charge in [-0.1, -0.05) is 0 Å². The molecule has 0 aromatic heterocycles. The maximum absolute atomic E-state index is 11.1. The Kier molecular flexibility index (Phi) is 5.25. The molecular formula is C11H16O8.